The van der Waals surface area contributed by atoms with Crippen molar-refractivity contribution in [3.63, 3.8) is 0 Å². The van der Waals surface area contributed by atoms with Gasteiger partial charge in [-0.2, -0.15) is 0 Å². The van der Waals surface area contributed by atoms with E-state index in [1.807, 2.05) is 0 Å². The smallest absolute Gasteiger partial charge is 0.264 e. The standard InChI is InChI=1S/C19H18Cl2N4O3S3/c1-2-11-29-19-24-23-18(30-19)22-16(26)12-25(15-10-6-9-14(20)17(15)21)31(27,28)13-7-4-3-5-8-13/h3-10H,2,11-12H2,1H3,(H,22,23,26). The van der Waals surface area contributed by atoms with Gasteiger partial charge in [0.25, 0.3) is 10.0 Å². The number of amides is 1. The van der Waals surface area contributed by atoms with Crippen LogP contribution in [0.2, 0.25) is 10.0 Å². The first-order valence-corrected chi connectivity index (χ1v) is 13.1. The third kappa shape index (κ3) is 5.89. The predicted molar refractivity (Wildman–Crippen MR) is 127 cm³/mol. The Balaban J connectivity index is 1.89. The van der Waals surface area contributed by atoms with Gasteiger partial charge in [-0.15, -0.1) is 10.2 Å². The minimum atomic E-state index is -4.09. The molecule has 164 valence electrons. The lowest BCUT2D eigenvalue weighted by Gasteiger charge is -2.25. The quantitative estimate of drug-likeness (QED) is 0.311. The fraction of sp³-hybridized carbons (Fsp3) is 0.211. The maximum atomic E-state index is 13.3. The molecular formula is C19H18Cl2N4O3S3. The summed E-state index contributed by atoms with van der Waals surface area (Å²) in [5.74, 6) is 0.303. The molecule has 1 N–H and O–H groups in total. The van der Waals surface area contributed by atoms with Crippen molar-refractivity contribution in [3.05, 3.63) is 58.6 Å². The Kier molecular flexibility index (Phi) is 8.17. The van der Waals surface area contributed by atoms with E-state index in [-0.39, 0.29) is 25.8 Å². The molecule has 0 fully saturated rings. The van der Waals surface area contributed by atoms with E-state index in [2.05, 4.69) is 22.4 Å². The largest absolute Gasteiger partial charge is 0.299 e. The van der Waals surface area contributed by atoms with Crippen molar-refractivity contribution in [2.24, 2.45) is 0 Å². The summed E-state index contributed by atoms with van der Waals surface area (Å²) in [6.45, 7) is 1.54. The molecule has 1 aromatic heterocycles. The maximum absolute atomic E-state index is 13.3. The number of hydrogen-bond donors (Lipinski definition) is 1. The number of nitrogens with one attached hydrogen (secondary N) is 1. The van der Waals surface area contributed by atoms with Gasteiger partial charge in [0.2, 0.25) is 11.0 Å². The lowest BCUT2D eigenvalue weighted by Crippen LogP contribution is -2.38. The van der Waals surface area contributed by atoms with Crippen LogP contribution in [-0.4, -0.2) is 36.8 Å². The van der Waals surface area contributed by atoms with Crippen molar-refractivity contribution in [2.45, 2.75) is 22.6 Å². The van der Waals surface area contributed by atoms with Crippen LogP contribution in [0.4, 0.5) is 10.8 Å². The Labute approximate surface area is 198 Å². The highest BCUT2D eigenvalue weighted by atomic mass is 35.5. The van der Waals surface area contributed by atoms with Gasteiger partial charge in [0.05, 0.1) is 20.6 Å². The molecule has 2 aromatic carbocycles. The molecule has 0 aliphatic heterocycles. The van der Waals surface area contributed by atoms with Crippen LogP contribution in [0.25, 0.3) is 0 Å². The second-order valence-electron chi connectivity index (χ2n) is 6.17. The predicted octanol–water partition coefficient (Wildman–Crippen LogP) is 5.18. The van der Waals surface area contributed by atoms with E-state index in [0.717, 1.165) is 20.8 Å². The molecule has 0 aliphatic rings. The zero-order valence-corrected chi connectivity index (χ0v) is 20.2. The number of carbonyl (C=O) groups is 1. The summed E-state index contributed by atoms with van der Waals surface area (Å²) in [6, 6.07) is 12.4. The van der Waals surface area contributed by atoms with Crippen LogP contribution < -0.4 is 9.62 Å². The van der Waals surface area contributed by atoms with Gasteiger partial charge in [-0.05, 0) is 30.7 Å². The first-order valence-electron chi connectivity index (χ1n) is 9.11. The zero-order valence-electron chi connectivity index (χ0n) is 16.3. The highest BCUT2D eigenvalue weighted by molar-refractivity contribution is 8.01. The van der Waals surface area contributed by atoms with E-state index in [9.17, 15) is 13.2 Å². The van der Waals surface area contributed by atoms with E-state index in [4.69, 9.17) is 23.2 Å². The van der Waals surface area contributed by atoms with Crippen LogP contribution in [0.5, 0.6) is 0 Å². The highest BCUT2D eigenvalue weighted by Gasteiger charge is 2.29. The van der Waals surface area contributed by atoms with Gasteiger partial charge in [-0.25, -0.2) is 8.42 Å². The molecule has 31 heavy (non-hydrogen) atoms. The Morgan fingerprint density at radius 1 is 1.13 bits per heavy atom. The van der Waals surface area contributed by atoms with Crippen molar-refractivity contribution in [1.82, 2.24) is 10.2 Å². The molecule has 0 saturated carbocycles. The first kappa shape index (κ1) is 23.8. The van der Waals surface area contributed by atoms with Gasteiger partial charge in [0.1, 0.15) is 6.54 Å². The third-order valence-corrected chi connectivity index (χ3v) is 8.66. The molecule has 0 aliphatic carbocycles. The summed E-state index contributed by atoms with van der Waals surface area (Å²) in [6.07, 6.45) is 0.985. The van der Waals surface area contributed by atoms with E-state index < -0.39 is 22.5 Å². The Morgan fingerprint density at radius 2 is 1.87 bits per heavy atom. The number of aromatic nitrogens is 2. The Hall–Kier alpha value is -1.85. The molecule has 3 aromatic rings. The summed E-state index contributed by atoms with van der Waals surface area (Å²) >= 11 is 15.1. The van der Waals surface area contributed by atoms with Gasteiger partial charge in [0.15, 0.2) is 4.34 Å². The second kappa shape index (κ2) is 10.6. The zero-order chi connectivity index (χ0) is 22.4. The van der Waals surface area contributed by atoms with Gasteiger partial charge in [-0.1, -0.05) is 77.5 Å². The lowest BCUT2D eigenvalue weighted by atomic mass is 10.3. The van der Waals surface area contributed by atoms with Gasteiger partial charge >= 0.3 is 0 Å². The van der Waals surface area contributed by atoms with E-state index in [0.29, 0.717) is 0 Å². The van der Waals surface area contributed by atoms with Crippen molar-refractivity contribution in [2.75, 3.05) is 21.9 Å². The average molecular weight is 517 g/mol. The summed E-state index contributed by atoms with van der Waals surface area (Å²) in [5, 5.41) is 11.1. The van der Waals surface area contributed by atoms with Crippen LogP contribution in [-0.2, 0) is 14.8 Å². The van der Waals surface area contributed by atoms with Crippen molar-refractivity contribution in [1.29, 1.82) is 0 Å². The monoisotopic (exact) mass is 516 g/mol. The van der Waals surface area contributed by atoms with Gasteiger partial charge in [-0.3, -0.25) is 14.4 Å². The molecule has 1 amide bonds. The molecular weight excluding hydrogens is 499 g/mol. The number of rotatable bonds is 9. The molecule has 0 saturated heterocycles. The van der Waals surface area contributed by atoms with Gasteiger partial charge in [0, 0.05) is 5.75 Å². The maximum Gasteiger partial charge on any atom is 0.264 e. The highest BCUT2D eigenvalue weighted by Crippen LogP contribution is 2.35. The molecule has 0 bridgehead atoms. The minimum Gasteiger partial charge on any atom is -0.299 e. The van der Waals surface area contributed by atoms with Crippen molar-refractivity contribution < 1.29 is 13.2 Å². The molecule has 7 nitrogen and oxygen atoms in total. The molecule has 0 unspecified atom stereocenters. The number of hydrogen-bond acceptors (Lipinski definition) is 7. The number of thioether (sulfide) groups is 1. The first-order chi connectivity index (χ1) is 14.8. The summed E-state index contributed by atoms with van der Waals surface area (Å²) < 4.78 is 28.3. The molecule has 0 spiro atoms. The number of carbonyl (C=O) groups excluding carboxylic acids is 1. The van der Waals surface area contributed by atoms with Crippen LogP contribution in [0, 0.1) is 0 Å². The van der Waals surface area contributed by atoms with Crippen LogP contribution >= 0.6 is 46.3 Å². The Bertz CT molecular complexity index is 1160. The summed E-state index contributed by atoms with van der Waals surface area (Å²) in [7, 11) is -4.09. The minimum absolute atomic E-state index is 0.0213. The van der Waals surface area contributed by atoms with E-state index in [1.54, 1.807) is 24.3 Å². The SMILES string of the molecule is CCCSc1nnc(NC(=O)CN(c2cccc(Cl)c2Cl)S(=O)(=O)c2ccccc2)s1. The number of anilines is 2. The number of benzene rings is 2. The molecule has 1 heterocycles. The topological polar surface area (TPSA) is 92.3 Å². The molecule has 12 heteroatoms. The average Bonchev–Trinajstić information content (AvgIpc) is 3.20. The summed E-state index contributed by atoms with van der Waals surface area (Å²) in [5.41, 5.74) is 0.102. The summed E-state index contributed by atoms with van der Waals surface area (Å²) in [4.78, 5) is 12.8. The second-order valence-corrected chi connectivity index (χ2v) is 11.1. The fourth-order valence-corrected chi connectivity index (χ4v) is 6.10. The third-order valence-electron chi connectivity index (χ3n) is 3.90. The van der Waals surface area contributed by atoms with Crippen molar-refractivity contribution in [3.8, 4) is 0 Å². The number of halogens is 2. The lowest BCUT2D eigenvalue weighted by molar-refractivity contribution is -0.114. The van der Waals surface area contributed by atoms with E-state index >= 15 is 0 Å². The number of sulfonamides is 1. The van der Waals surface area contributed by atoms with E-state index in [1.165, 1.54) is 47.4 Å². The van der Waals surface area contributed by atoms with Crippen LogP contribution in [0.1, 0.15) is 13.3 Å². The van der Waals surface area contributed by atoms with Gasteiger partial charge < -0.3 is 0 Å². The molecule has 0 radical (unpaired) electrons. The normalized spacial score (nSPS) is 11.3. The Morgan fingerprint density at radius 3 is 2.58 bits per heavy atom. The molecule has 0 atom stereocenters. The van der Waals surface area contributed by atoms with Crippen LogP contribution in [0.15, 0.2) is 57.8 Å². The number of nitrogens with zero attached hydrogens (tertiary/aromatic N) is 3. The van der Waals surface area contributed by atoms with Crippen LogP contribution in [0.3, 0.4) is 0 Å². The fourth-order valence-electron chi connectivity index (χ4n) is 2.50. The van der Waals surface area contributed by atoms with Crippen molar-refractivity contribution >= 4 is 73.0 Å². The molecule has 3 rings (SSSR count).